The Kier molecular flexibility index (Phi) is 3.70. The van der Waals surface area contributed by atoms with Crippen LogP contribution in [0.5, 0.6) is 0 Å². The van der Waals surface area contributed by atoms with Gasteiger partial charge >= 0.3 is 8.72 Å². The molecular formula is C8H19NO2Si. The van der Waals surface area contributed by atoms with Crippen molar-refractivity contribution < 1.29 is 8.85 Å². The summed E-state index contributed by atoms with van der Waals surface area (Å²) in [4.78, 5) is 3.49. The Morgan fingerprint density at radius 2 is 1.67 bits per heavy atom. The first-order valence-corrected chi connectivity index (χ1v) is 6.90. The van der Waals surface area contributed by atoms with Gasteiger partial charge in [0, 0.05) is 20.3 Å². The largest absolute Gasteiger partial charge is 0.421 e. The van der Waals surface area contributed by atoms with Gasteiger partial charge in [-0.05, 0) is 19.4 Å². The standard InChI is InChI=1S/C8H19NO2Si/c1-10-12(3,11-2)9-8-6-4-5-7-8/h8-9H,4-7H2,1-3H3. The monoisotopic (exact) mass is 189 g/mol. The molecule has 0 aromatic heterocycles. The molecule has 1 N–H and O–H groups in total. The predicted molar refractivity (Wildman–Crippen MR) is 51.0 cm³/mol. The zero-order valence-electron chi connectivity index (χ0n) is 8.22. The van der Waals surface area contributed by atoms with Gasteiger partial charge in [0.05, 0.1) is 0 Å². The molecule has 12 heavy (non-hydrogen) atoms. The SMILES string of the molecule is CO[Si](C)(NC1CCCC1)OC. The van der Waals surface area contributed by atoms with E-state index in [1.807, 2.05) is 6.55 Å². The summed E-state index contributed by atoms with van der Waals surface area (Å²) in [5.74, 6) is 0. The van der Waals surface area contributed by atoms with E-state index in [1.54, 1.807) is 14.2 Å². The minimum absolute atomic E-state index is 0.626. The average Bonchev–Trinajstić information content (AvgIpc) is 2.57. The molecule has 0 aromatic carbocycles. The van der Waals surface area contributed by atoms with Crippen LogP contribution < -0.4 is 4.98 Å². The molecule has 1 aliphatic carbocycles. The first-order valence-electron chi connectivity index (χ1n) is 4.58. The Labute approximate surface area is 75.8 Å². The Balaban J connectivity index is 2.35. The molecule has 0 aliphatic heterocycles. The highest BCUT2D eigenvalue weighted by Crippen LogP contribution is 2.19. The maximum absolute atomic E-state index is 5.35. The van der Waals surface area contributed by atoms with E-state index in [0.29, 0.717) is 6.04 Å². The summed E-state index contributed by atoms with van der Waals surface area (Å²) >= 11 is 0. The van der Waals surface area contributed by atoms with Crippen molar-refractivity contribution in [2.24, 2.45) is 0 Å². The smallest absolute Gasteiger partial charge is 0.386 e. The second-order valence-corrected chi connectivity index (χ2v) is 6.48. The van der Waals surface area contributed by atoms with Crippen molar-refractivity contribution in [3.63, 3.8) is 0 Å². The van der Waals surface area contributed by atoms with Crippen LogP contribution in [-0.2, 0) is 8.85 Å². The third-order valence-corrected chi connectivity index (χ3v) is 5.09. The first-order chi connectivity index (χ1) is 5.70. The molecule has 3 nitrogen and oxygen atoms in total. The summed E-state index contributed by atoms with van der Waals surface area (Å²) in [6.45, 7) is 2.05. The van der Waals surface area contributed by atoms with E-state index in [1.165, 1.54) is 25.7 Å². The summed E-state index contributed by atoms with van der Waals surface area (Å²) < 4.78 is 10.7. The predicted octanol–water partition coefficient (Wildman–Crippen LogP) is 1.38. The van der Waals surface area contributed by atoms with Crippen molar-refractivity contribution in [2.45, 2.75) is 38.3 Å². The number of hydrogen-bond acceptors (Lipinski definition) is 3. The molecule has 0 saturated heterocycles. The highest BCUT2D eigenvalue weighted by atomic mass is 28.4. The van der Waals surface area contributed by atoms with Gasteiger partial charge in [0.2, 0.25) is 0 Å². The lowest BCUT2D eigenvalue weighted by Crippen LogP contribution is -2.55. The fourth-order valence-electron chi connectivity index (χ4n) is 1.64. The van der Waals surface area contributed by atoms with Gasteiger partial charge in [-0.15, -0.1) is 0 Å². The maximum atomic E-state index is 5.35. The highest BCUT2D eigenvalue weighted by molar-refractivity contribution is 6.63. The van der Waals surface area contributed by atoms with E-state index in [4.69, 9.17) is 8.85 Å². The summed E-state index contributed by atoms with van der Waals surface area (Å²) in [5.41, 5.74) is 0. The number of rotatable bonds is 4. The van der Waals surface area contributed by atoms with E-state index in [9.17, 15) is 0 Å². The van der Waals surface area contributed by atoms with E-state index in [-0.39, 0.29) is 0 Å². The molecule has 72 valence electrons. The van der Waals surface area contributed by atoms with Crippen LogP contribution in [-0.4, -0.2) is 29.0 Å². The molecule has 0 aromatic rings. The van der Waals surface area contributed by atoms with Crippen LogP contribution in [0.4, 0.5) is 0 Å². The van der Waals surface area contributed by atoms with Crippen molar-refractivity contribution in [1.29, 1.82) is 0 Å². The molecule has 1 fully saturated rings. The van der Waals surface area contributed by atoms with Gasteiger partial charge < -0.3 is 8.85 Å². The van der Waals surface area contributed by atoms with Gasteiger partial charge in [0.25, 0.3) is 0 Å². The van der Waals surface area contributed by atoms with E-state index >= 15 is 0 Å². The second-order valence-electron chi connectivity index (χ2n) is 3.48. The fraction of sp³-hybridized carbons (Fsp3) is 1.00. The normalized spacial score (nSPS) is 20.2. The summed E-state index contributed by atoms with van der Waals surface area (Å²) in [7, 11) is 1.43. The van der Waals surface area contributed by atoms with Crippen LogP contribution in [0.25, 0.3) is 0 Å². The lowest BCUT2D eigenvalue weighted by molar-refractivity contribution is 0.229. The molecule has 1 rings (SSSR count). The van der Waals surface area contributed by atoms with Crippen molar-refractivity contribution in [3.05, 3.63) is 0 Å². The van der Waals surface area contributed by atoms with Crippen molar-refractivity contribution in [2.75, 3.05) is 14.2 Å². The fourth-order valence-corrected chi connectivity index (χ4v) is 3.07. The molecule has 0 atom stereocenters. The quantitative estimate of drug-likeness (QED) is 0.678. The third-order valence-electron chi connectivity index (χ3n) is 2.60. The Morgan fingerprint density at radius 1 is 1.17 bits per heavy atom. The number of nitrogens with one attached hydrogen (secondary N) is 1. The van der Waals surface area contributed by atoms with Crippen LogP contribution in [0.1, 0.15) is 25.7 Å². The molecule has 1 saturated carbocycles. The van der Waals surface area contributed by atoms with Crippen molar-refractivity contribution in [3.8, 4) is 0 Å². The van der Waals surface area contributed by atoms with Gasteiger partial charge in [0.15, 0.2) is 0 Å². The molecule has 0 spiro atoms. The number of hydrogen-bond donors (Lipinski definition) is 1. The zero-order valence-corrected chi connectivity index (χ0v) is 9.22. The van der Waals surface area contributed by atoms with Gasteiger partial charge in [-0.2, -0.15) is 0 Å². The first kappa shape index (κ1) is 10.2. The Morgan fingerprint density at radius 3 is 2.08 bits per heavy atom. The van der Waals surface area contributed by atoms with Crippen molar-refractivity contribution in [1.82, 2.24) is 4.98 Å². The van der Waals surface area contributed by atoms with Gasteiger partial charge in [0.1, 0.15) is 0 Å². The van der Waals surface area contributed by atoms with Crippen LogP contribution in [0.15, 0.2) is 0 Å². The summed E-state index contributed by atoms with van der Waals surface area (Å²) in [6.07, 6.45) is 5.23. The van der Waals surface area contributed by atoms with Crippen LogP contribution >= 0.6 is 0 Å². The van der Waals surface area contributed by atoms with Crippen LogP contribution in [0.3, 0.4) is 0 Å². The van der Waals surface area contributed by atoms with E-state index in [2.05, 4.69) is 4.98 Å². The van der Waals surface area contributed by atoms with E-state index in [0.717, 1.165) is 0 Å². The molecule has 0 heterocycles. The minimum atomic E-state index is -2.01. The summed E-state index contributed by atoms with van der Waals surface area (Å²) in [6, 6.07) is 0.626. The van der Waals surface area contributed by atoms with Gasteiger partial charge in [-0.25, -0.2) is 0 Å². The molecule has 4 heteroatoms. The molecular weight excluding hydrogens is 170 g/mol. The lowest BCUT2D eigenvalue weighted by atomic mass is 10.3. The van der Waals surface area contributed by atoms with Crippen molar-refractivity contribution >= 4 is 8.72 Å². The lowest BCUT2D eigenvalue weighted by Gasteiger charge is -2.27. The minimum Gasteiger partial charge on any atom is -0.386 e. The second kappa shape index (κ2) is 4.37. The summed E-state index contributed by atoms with van der Waals surface area (Å²) in [5, 5.41) is 0. The molecule has 0 bridgehead atoms. The molecule has 0 amide bonds. The highest BCUT2D eigenvalue weighted by Gasteiger charge is 2.33. The third kappa shape index (κ3) is 2.55. The molecule has 0 radical (unpaired) electrons. The Hall–Kier alpha value is 0.0969. The molecule has 0 unspecified atom stereocenters. The zero-order chi connectivity index (χ0) is 9.03. The van der Waals surface area contributed by atoms with E-state index < -0.39 is 8.72 Å². The Bertz CT molecular complexity index is 133. The topological polar surface area (TPSA) is 30.5 Å². The average molecular weight is 189 g/mol. The maximum Gasteiger partial charge on any atom is 0.421 e. The van der Waals surface area contributed by atoms with Gasteiger partial charge in [-0.3, -0.25) is 4.98 Å². The van der Waals surface area contributed by atoms with Gasteiger partial charge in [-0.1, -0.05) is 12.8 Å². The van der Waals surface area contributed by atoms with Crippen LogP contribution in [0.2, 0.25) is 6.55 Å². The molecule has 1 aliphatic rings. The van der Waals surface area contributed by atoms with Crippen LogP contribution in [0, 0.1) is 0 Å².